The number of aromatic nitrogens is 3. The number of nitrogens with one attached hydrogen (secondary N) is 1. The number of amides is 1. The Morgan fingerprint density at radius 2 is 1.70 bits per heavy atom. The molecule has 4 aromatic rings. The maximum absolute atomic E-state index is 12.3. The second-order valence-electron chi connectivity index (χ2n) is 7.81. The first kappa shape index (κ1) is 25.2. The van der Waals surface area contributed by atoms with Crippen LogP contribution in [0.5, 0.6) is 5.75 Å². The summed E-state index contributed by atoms with van der Waals surface area (Å²) >= 11 is 0. The van der Waals surface area contributed by atoms with Crippen LogP contribution in [0.3, 0.4) is 0 Å². The Morgan fingerprint density at radius 1 is 1.05 bits per heavy atom. The van der Waals surface area contributed by atoms with Crippen molar-refractivity contribution >= 4 is 11.8 Å². The Bertz CT molecular complexity index is 1390. The molecule has 0 saturated carbocycles. The molecule has 1 amide bonds. The molecule has 0 saturated heterocycles. The van der Waals surface area contributed by atoms with Gasteiger partial charge in [-0.2, -0.15) is 0 Å². The van der Waals surface area contributed by atoms with E-state index in [1.807, 2.05) is 0 Å². The molecule has 0 bridgehead atoms. The van der Waals surface area contributed by atoms with E-state index in [4.69, 9.17) is 0 Å². The first-order valence-corrected chi connectivity index (χ1v) is 10.7. The highest BCUT2D eigenvalue weighted by atomic mass is 19.4. The number of nitrogens with zero attached hydrogens (tertiary/aromatic N) is 4. The smallest absolute Gasteiger partial charge is 0.465 e. The van der Waals surface area contributed by atoms with Gasteiger partial charge in [0.2, 0.25) is 0 Å². The van der Waals surface area contributed by atoms with Gasteiger partial charge < -0.3 is 15.2 Å². The lowest BCUT2D eigenvalue weighted by Gasteiger charge is -2.17. The lowest BCUT2D eigenvalue weighted by atomic mass is 9.98. The third kappa shape index (κ3) is 6.60. The van der Waals surface area contributed by atoms with Crippen molar-refractivity contribution in [3.63, 3.8) is 0 Å². The Labute approximate surface area is 207 Å². The minimum absolute atomic E-state index is 0.0975. The van der Waals surface area contributed by atoms with Crippen molar-refractivity contribution in [1.29, 1.82) is 0 Å². The van der Waals surface area contributed by atoms with Gasteiger partial charge in [0.05, 0.1) is 16.7 Å². The Balaban J connectivity index is 1.47. The van der Waals surface area contributed by atoms with Crippen molar-refractivity contribution in [3.8, 4) is 22.8 Å². The normalized spacial score (nSPS) is 12.1. The van der Waals surface area contributed by atoms with Gasteiger partial charge in [-0.15, -0.1) is 18.3 Å². The average molecular weight is 513 g/mol. The van der Waals surface area contributed by atoms with Crippen LogP contribution in [-0.4, -0.2) is 37.2 Å². The molecule has 0 spiro atoms. The van der Waals surface area contributed by atoms with E-state index >= 15 is 0 Å². The Kier molecular flexibility index (Phi) is 7.04. The van der Waals surface area contributed by atoms with Gasteiger partial charge in [-0.1, -0.05) is 36.4 Å². The average Bonchev–Trinajstić information content (AvgIpc) is 3.34. The monoisotopic (exact) mass is 513 g/mol. The first-order valence-electron chi connectivity index (χ1n) is 10.7. The summed E-state index contributed by atoms with van der Waals surface area (Å²) in [4.78, 5) is 25.9. The zero-order valence-corrected chi connectivity index (χ0v) is 18.8. The van der Waals surface area contributed by atoms with Gasteiger partial charge >= 0.3 is 12.5 Å². The highest BCUT2D eigenvalue weighted by molar-refractivity contribution is 5.65. The number of nitro benzene ring substituents is 1. The van der Waals surface area contributed by atoms with Gasteiger partial charge in [0.15, 0.2) is 5.82 Å². The molecule has 3 aromatic carbocycles. The molecule has 4 rings (SSSR count). The molecule has 0 aliphatic rings. The lowest BCUT2D eigenvalue weighted by Crippen LogP contribution is -2.28. The van der Waals surface area contributed by atoms with Crippen LogP contribution in [0.2, 0.25) is 0 Å². The maximum Gasteiger partial charge on any atom is 0.573 e. The SMILES string of the molecule is O=C(O)NC(Cc1ccc(-c2ncn(-c3ccc(OC(F)(F)F)cc3)n2)cc1)c1ccc([N+](=O)[O-])cc1. The topological polar surface area (TPSA) is 132 Å². The largest absolute Gasteiger partial charge is 0.573 e. The van der Waals surface area contributed by atoms with Gasteiger partial charge in [-0.25, -0.2) is 14.5 Å². The van der Waals surface area contributed by atoms with Crippen molar-refractivity contribution in [2.24, 2.45) is 0 Å². The molecule has 2 N–H and O–H groups in total. The molecule has 0 aliphatic carbocycles. The van der Waals surface area contributed by atoms with E-state index in [0.717, 1.165) is 5.56 Å². The summed E-state index contributed by atoms with van der Waals surface area (Å²) in [5.41, 5.74) is 2.41. The maximum atomic E-state index is 12.3. The van der Waals surface area contributed by atoms with Crippen LogP contribution in [0.4, 0.5) is 23.7 Å². The molecule has 1 heterocycles. The number of carboxylic acid groups (broad SMARTS) is 1. The number of non-ortho nitro benzene ring substituents is 1. The van der Waals surface area contributed by atoms with E-state index in [1.165, 1.54) is 59.5 Å². The van der Waals surface area contributed by atoms with Crippen molar-refractivity contribution in [2.75, 3.05) is 0 Å². The third-order valence-corrected chi connectivity index (χ3v) is 5.28. The van der Waals surface area contributed by atoms with Crippen molar-refractivity contribution in [2.45, 2.75) is 18.8 Å². The van der Waals surface area contributed by atoms with Gasteiger partial charge in [0.1, 0.15) is 12.1 Å². The number of halogens is 3. The molecular weight excluding hydrogens is 495 g/mol. The van der Waals surface area contributed by atoms with Crippen LogP contribution in [0.15, 0.2) is 79.1 Å². The second kappa shape index (κ2) is 10.4. The van der Waals surface area contributed by atoms with E-state index in [-0.39, 0.29) is 11.4 Å². The molecule has 1 atom stereocenters. The summed E-state index contributed by atoms with van der Waals surface area (Å²) < 4.78 is 42.3. The first-order chi connectivity index (χ1) is 17.6. The highest BCUT2D eigenvalue weighted by Crippen LogP contribution is 2.25. The Morgan fingerprint density at radius 3 is 2.27 bits per heavy atom. The third-order valence-electron chi connectivity index (χ3n) is 5.28. The fourth-order valence-corrected chi connectivity index (χ4v) is 3.58. The quantitative estimate of drug-likeness (QED) is 0.242. The number of hydrogen-bond acceptors (Lipinski definition) is 6. The molecule has 37 heavy (non-hydrogen) atoms. The van der Waals surface area contributed by atoms with Crippen LogP contribution in [0, 0.1) is 10.1 Å². The number of alkyl halides is 3. The van der Waals surface area contributed by atoms with Crippen LogP contribution in [0.1, 0.15) is 17.2 Å². The summed E-state index contributed by atoms with van der Waals surface area (Å²) in [6.07, 6.45) is -4.30. The minimum Gasteiger partial charge on any atom is -0.465 e. The summed E-state index contributed by atoms with van der Waals surface area (Å²) in [6.45, 7) is 0. The summed E-state index contributed by atoms with van der Waals surface area (Å²) in [7, 11) is 0. The van der Waals surface area contributed by atoms with Crippen LogP contribution < -0.4 is 10.1 Å². The number of rotatable bonds is 8. The molecule has 0 fully saturated rings. The van der Waals surface area contributed by atoms with Crippen molar-refractivity contribution in [1.82, 2.24) is 20.1 Å². The number of benzene rings is 3. The molecule has 190 valence electrons. The molecule has 10 nitrogen and oxygen atoms in total. The lowest BCUT2D eigenvalue weighted by molar-refractivity contribution is -0.384. The highest BCUT2D eigenvalue weighted by Gasteiger charge is 2.31. The summed E-state index contributed by atoms with van der Waals surface area (Å²) in [5, 5.41) is 26.9. The molecule has 1 unspecified atom stereocenters. The number of nitro groups is 1. The fourth-order valence-electron chi connectivity index (χ4n) is 3.58. The number of carbonyl (C=O) groups is 1. The van der Waals surface area contributed by atoms with Gasteiger partial charge in [0, 0.05) is 17.7 Å². The van der Waals surface area contributed by atoms with Crippen molar-refractivity contribution in [3.05, 3.63) is 100 Å². The van der Waals surface area contributed by atoms with E-state index < -0.39 is 23.4 Å². The van der Waals surface area contributed by atoms with E-state index in [2.05, 4.69) is 20.1 Å². The molecule has 13 heteroatoms. The minimum atomic E-state index is -4.78. The van der Waals surface area contributed by atoms with Crippen LogP contribution in [0.25, 0.3) is 17.1 Å². The molecule has 0 radical (unpaired) electrons. The standard InChI is InChI=1S/C24H18F3N5O5/c25-24(26,27)37-20-11-9-18(10-12-20)31-14-28-22(30-31)17-3-1-15(2-4-17)13-21(29-23(33)34)16-5-7-19(8-6-16)32(35)36/h1-12,14,21,29H,13H2,(H,33,34). The van der Waals surface area contributed by atoms with Gasteiger partial charge in [-0.05, 0) is 41.8 Å². The number of hydrogen-bond donors (Lipinski definition) is 2. The molecule has 1 aromatic heterocycles. The second-order valence-corrected chi connectivity index (χ2v) is 7.81. The van der Waals surface area contributed by atoms with E-state index in [9.17, 15) is 33.2 Å². The number of ether oxygens (including phenoxy) is 1. The molecule has 0 aliphatic heterocycles. The fraction of sp³-hybridized carbons (Fsp3) is 0.125. The van der Waals surface area contributed by atoms with E-state index in [0.29, 0.717) is 29.1 Å². The predicted molar refractivity (Wildman–Crippen MR) is 124 cm³/mol. The zero-order valence-electron chi connectivity index (χ0n) is 18.8. The van der Waals surface area contributed by atoms with Gasteiger partial charge in [-0.3, -0.25) is 10.1 Å². The van der Waals surface area contributed by atoms with Crippen LogP contribution in [-0.2, 0) is 6.42 Å². The van der Waals surface area contributed by atoms with E-state index in [1.54, 1.807) is 24.3 Å². The molecular formula is C24H18F3N5O5. The summed E-state index contributed by atoms with van der Waals surface area (Å²) in [6, 6.07) is 17.2. The van der Waals surface area contributed by atoms with Crippen LogP contribution >= 0.6 is 0 Å². The predicted octanol–water partition coefficient (Wildman–Crippen LogP) is 5.29. The zero-order chi connectivity index (χ0) is 26.6. The Hall–Kier alpha value is -4.94. The summed E-state index contributed by atoms with van der Waals surface area (Å²) in [5.74, 6) is 0.0225. The van der Waals surface area contributed by atoms with Gasteiger partial charge in [0.25, 0.3) is 5.69 Å². The van der Waals surface area contributed by atoms with Crippen molar-refractivity contribution < 1.29 is 32.7 Å².